The molecule has 26 heavy (non-hydrogen) atoms. The van der Waals surface area contributed by atoms with Crippen LogP contribution in [0.4, 0.5) is 11.4 Å². The van der Waals surface area contributed by atoms with Crippen LogP contribution in [0.25, 0.3) is 0 Å². The maximum absolute atomic E-state index is 11.2. The molecule has 5 nitrogen and oxygen atoms in total. The Bertz CT molecular complexity index is 916. The van der Waals surface area contributed by atoms with E-state index in [-0.39, 0.29) is 11.4 Å². The summed E-state index contributed by atoms with van der Waals surface area (Å²) in [5, 5.41) is 20.9. The van der Waals surface area contributed by atoms with Crippen LogP contribution in [-0.4, -0.2) is 10.0 Å². The van der Waals surface area contributed by atoms with Crippen LogP contribution in [0.3, 0.4) is 0 Å². The van der Waals surface area contributed by atoms with E-state index in [1.807, 2.05) is 65.8 Å². The monoisotopic (exact) mass is 366 g/mol. The molecule has 0 radical (unpaired) electrons. The normalized spacial score (nSPS) is 10.5. The topological polar surface area (TPSA) is 66.6 Å². The van der Waals surface area contributed by atoms with Crippen LogP contribution in [0.1, 0.15) is 11.1 Å². The van der Waals surface area contributed by atoms with Gasteiger partial charge in [0, 0.05) is 11.0 Å². The molecule has 0 aliphatic carbocycles. The van der Waals surface area contributed by atoms with Crippen molar-refractivity contribution in [2.75, 3.05) is 4.31 Å². The first-order valence-electron chi connectivity index (χ1n) is 8.07. The zero-order valence-electron chi connectivity index (χ0n) is 14.2. The Labute approximate surface area is 156 Å². The average Bonchev–Trinajstić information content (AvgIpc) is 2.64. The van der Waals surface area contributed by atoms with Crippen molar-refractivity contribution in [2.24, 2.45) is 0 Å². The van der Waals surface area contributed by atoms with Gasteiger partial charge < -0.3 is 9.41 Å². The van der Waals surface area contributed by atoms with E-state index >= 15 is 0 Å². The lowest BCUT2D eigenvalue weighted by molar-refractivity contribution is -0.385. The number of hydrogen-bond donors (Lipinski definition) is 1. The van der Waals surface area contributed by atoms with Gasteiger partial charge >= 0.3 is 5.69 Å². The van der Waals surface area contributed by atoms with Gasteiger partial charge in [-0.1, -0.05) is 48.5 Å². The number of aryl methyl sites for hydroxylation is 1. The van der Waals surface area contributed by atoms with E-state index in [2.05, 4.69) is 0 Å². The van der Waals surface area contributed by atoms with Gasteiger partial charge in [0.2, 0.25) is 0 Å². The molecule has 0 aliphatic heterocycles. The summed E-state index contributed by atoms with van der Waals surface area (Å²) >= 11 is 1.52. The van der Waals surface area contributed by atoms with Gasteiger partial charge in [-0.25, -0.2) is 0 Å². The van der Waals surface area contributed by atoms with E-state index in [0.29, 0.717) is 12.2 Å². The Morgan fingerprint density at radius 3 is 2.42 bits per heavy atom. The Kier molecular flexibility index (Phi) is 5.43. The molecule has 0 atom stereocenters. The number of benzene rings is 3. The van der Waals surface area contributed by atoms with Gasteiger partial charge in [0.05, 0.1) is 17.2 Å². The van der Waals surface area contributed by atoms with Gasteiger partial charge in [-0.05, 0) is 48.2 Å². The van der Waals surface area contributed by atoms with E-state index in [0.717, 1.165) is 16.0 Å². The van der Waals surface area contributed by atoms with Crippen molar-refractivity contribution in [3.8, 4) is 5.75 Å². The standard InChI is InChI=1S/C20H18N2O3S/c1-15-7-5-6-10-20(15)26-21(14-16-8-3-2-4-9-16)17-11-12-19(23)18(13-17)22(24)25/h2-13,23H,14H2,1H3. The van der Waals surface area contributed by atoms with Crippen LogP contribution in [0.5, 0.6) is 5.75 Å². The van der Waals surface area contributed by atoms with Gasteiger partial charge in [0.15, 0.2) is 5.75 Å². The van der Waals surface area contributed by atoms with Crippen molar-refractivity contribution < 1.29 is 10.0 Å². The SMILES string of the molecule is Cc1ccccc1SN(Cc1ccccc1)c1ccc(O)c([N+](=O)[O-])c1. The fourth-order valence-electron chi connectivity index (χ4n) is 2.52. The van der Waals surface area contributed by atoms with Crippen LogP contribution in [0.2, 0.25) is 0 Å². The maximum Gasteiger partial charge on any atom is 0.312 e. The summed E-state index contributed by atoms with van der Waals surface area (Å²) in [6, 6.07) is 22.4. The molecule has 0 bridgehead atoms. The van der Waals surface area contributed by atoms with Crippen LogP contribution in [-0.2, 0) is 6.54 Å². The maximum atomic E-state index is 11.2. The smallest absolute Gasteiger partial charge is 0.312 e. The molecule has 0 spiro atoms. The highest BCUT2D eigenvalue weighted by Gasteiger charge is 2.18. The lowest BCUT2D eigenvalue weighted by atomic mass is 10.2. The molecule has 132 valence electrons. The fourth-order valence-corrected chi connectivity index (χ4v) is 3.54. The van der Waals surface area contributed by atoms with E-state index in [4.69, 9.17) is 0 Å². The number of rotatable bonds is 6. The molecule has 1 N–H and O–H groups in total. The summed E-state index contributed by atoms with van der Waals surface area (Å²) in [4.78, 5) is 11.7. The highest BCUT2D eigenvalue weighted by atomic mass is 32.2. The third-order valence-electron chi connectivity index (χ3n) is 3.91. The summed E-state index contributed by atoms with van der Waals surface area (Å²) in [5.41, 5.74) is 2.57. The molecule has 3 aromatic rings. The van der Waals surface area contributed by atoms with E-state index in [1.54, 1.807) is 6.07 Å². The lowest BCUT2D eigenvalue weighted by Gasteiger charge is -2.24. The highest BCUT2D eigenvalue weighted by molar-refractivity contribution is 8.00. The summed E-state index contributed by atoms with van der Waals surface area (Å²) in [5.74, 6) is -0.334. The zero-order chi connectivity index (χ0) is 18.5. The Morgan fingerprint density at radius 2 is 1.73 bits per heavy atom. The van der Waals surface area contributed by atoms with Gasteiger partial charge in [-0.2, -0.15) is 0 Å². The molecule has 3 rings (SSSR count). The third-order valence-corrected chi connectivity index (χ3v) is 5.13. The highest BCUT2D eigenvalue weighted by Crippen LogP contribution is 2.37. The average molecular weight is 366 g/mol. The Balaban J connectivity index is 1.98. The van der Waals surface area contributed by atoms with E-state index < -0.39 is 4.92 Å². The summed E-state index contributed by atoms with van der Waals surface area (Å²) in [6.45, 7) is 2.60. The van der Waals surface area contributed by atoms with Crippen molar-refractivity contribution in [2.45, 2.75) is 18.4 Å². The van der Waals surface area contributed by atoms with E-state index in [1.165, 1.54) is 24.1 Å². The summed E-state index contributed by atoms with van der Waals surface area (Å²) < 4.78 is 1.99. The largest absolute Gasteiger partial charge is 0.502 e. The second-order valence-corrected chi connectivity index (χ2v) is 6.87. The number of nitro benzene ring substituents is 1. The van der Waals surface area contributed by atoms with Crippen molar-refractivity contribution in [1.29, 1.82) is 0 Å². The first-order valence-corrected chi connectivity index (χ1v) is 8.84. The number of phenols is 1. The Hall–Kier alpha value is -2.99. The molecule has 6 heteroatoms. The van der Waals surface area contributed by atoms with Crippen molar-refractivity contribution in [3.05, 3.63) is 94.0 Å². The summed E-state index contributed by atoms with van der Waals surface area (Å²) in [7, 11) is 0. The minimum atomic E-state index is -0.571. The zero-order valence-corrected chi connectivity index (χ0v) is 15.0. The second-order valence-electron chi connectivity index (χ2n) is 5.81. The van der Waals surface area contributed by atoms with Crippen molar-refractivity contribution in [1.82, 2.24) is 0 Å². The molecule has 0 saturated heterocycles. The molecule has 0 aliphatic rings. The summed E-state index contributed by atoms with van der Waals surface area (Å²) in [6.07, 6.45) is 0. The van der Waals surface area contributed by atoms with Gasteiger partial charge in [0.25, 0.3) is 0 Å². The molecule has 0 unspecified atom stereocenters. The molecule has 0 saturated carbocycles. The minimum Gasteiger partial charge on any atom is -0.502 e. The number of phenolic OH excluding ortho intramolecular Hbond substituents is 1. The molecular formula is C20H18N2O3S. The van der Waals surface area contributed by atoms with E-state index in [9.17, 15) is 15.2 Å². The number of aromatic hydroxyl groups is 1. The lowest BCUT2D eigenvalue weighted by Crippen LogP contribution is -2.14. The third kappa shape index (κ3) is 4.15. The molecule has 3 aromatic carbocycles. The van der Waals surface area contributed by atoms with Crippen LogP contribution in [0.15, 0.2) is 77.7 Å². The minimum absolute atomic E-state index is 0.300. The number of hydrogen-bond acceptors (Lipinski definition) is 5. The molecule has 0 aromatic heterocycles. The molecule has 0 heterocycles. The van der Waals surface area contributed by atoms with Crippen LogP contribution < -0.4 is 4.31 Å². The predicted molar refractivity (Wildman–Crippen MR) is 104 cm³/mol. The molecular weight excluding hydrogens is 348 g/mol. The molecule has 0 amide bonds. The second kappa shape index (κ2) is 7.93. The van der Waals surface area contributed by atoms with Gasteiger partial charge in [-0.3, -0.25) is 10.1 Å². The number of nitrogens with zero attached hydrogens (tertiary/aromatic N) is 2. The van der Waals surface area contributed by atoms with Crippen LogP contribution >= 0.6 is 11.9 Å². The fraction of sp³-hybridized carbons (Fsp3) is 0.100. The van der Waals surface area contributed by atoms with Gasteiger partial charge in [0.1, 0.15) is 0 Å². The predicted octanol–water partition coefficient (Wildman–Crippen LogP) is 5.32. The number of nitro groups is 1. The first kappa shape index (κ1) is 17.8. The van der Waals surface area contributed by atoms with Crippen LogP contribution in [0, 0.1) is 17.0 Å². The van der Waals surface area contributed by atoms with Crippen molar-refractivity contribution >= 4 is 23.3 Å². The number of anilines is 1. The Morgan fingerprint density at radius 1 is 1.04 bits per heavy atom. The molecule has 0 fully saturated rings. The van der Waals surface area contributed by atoms with Crippen molar-refractivity contribution in [3.63, 3.8) is 0 Å². The quantitative estimate of drug-likeness (QED) is 0.363. The van der Waals surface area contributed by atoms with Gasteiger partial charge in [-0.15, -0.1) is 0 Å². The first-order chi connectivity index (χ1) is 12.5.